The molecule has 0 bridgehead atoms. The normalized spacial score (nSPS) is 10.1. The van der Waals surface area contributed by atoms with Crippen LogP contribution in [0.1, 0.15) is 11.3 Å². The predicted molar refractivity (Wildman–Crippen MR) is 110 cm³/mol. The van der Waals surface area contributed by atoms with Gasteiger partial charge in [-0.25, -0.2) is 9.59 Å². The van der Waals surface area contributed by atoms with Gasteiger partial charge in [0.25, 0.3) is 0 Å². The van der Waals surface area contributed by atoms with E-state index >= 15 is 0 Å². The maximum atomic E-state index is 9.10. The Morgan fingerprint density at radius 2 is 1.79 bits per heavy atom. The lowest BCUT2D eigenvalue weighted by Gasteiger charge is -2.10. The summed E-state index contributed by atoms with van der Waals surface area (Å²) in [7, 11) is 2.01. The molecule has 0 atom stereocenters. The number of aromatic amines is 1. The van der Waals surface area contributed by atoms with E-state index in [1.165, 1.54) is 5.56 Å². The molecule has 2 aromatic carbocycles. The Kier molecular flexibility index (Phi) is 7.83. The van der Waals surface area contributed by atoms with Gasteiger partial charge in [-0.05, 0) is 36.9 Å². The Morgan fingerprint density at radius 1 is 1.10 bits per heavy atom. The molecule has 1 heterocycles. The number of ether oxygens (including phenoxy) is 1. The molecule has 0 radical (unpaired) electrons. The molecule has 0 saturated heterocycles. The molecule has 0 aliphatic rings. The molecule has 7 heteroatoms. The number of aromatic nitrogens is 1. The van der Waals surface area contributed by atoms with Crippen molar-refractivity contribution in [2.45, 2.75) is 13.2 Å². The Labute approximate surface area is 168 Å². The van der Waals surface area contributed by atoms with Crippen LogP contribution in [0.15, 0.2) is 54.6 Å². The largest absolute Gasteiger partial charge is 0.489 e. The Bertz CT molecular complexity index is 993. The van der Waals surface area contributed by atoms with Gasteiger partial charge < -0.3 is 19.9 Å². The summed E-state index contributed by atoms with van der Waals surface area (Å²) in [5.41, 5.74) is 3.43. The molecule has 0 fully saturated rings. The Hall–Kier alpha value is -3.76. The number of carboxylic acids is 2. The zero-order valence-corrected chi connectivity index (χ0v) is 16.0. The first-order chi connectivity index (χ1) is 13.9. The van der Waals surface area contributed by atoms with Gasteiger partial charge in [-0.1, -0.05) is 36.3 Å². The summed E-state index contributed by atoms with van der Waals surface area (Å²) in [5.74, 6) is -0.115. The van der Waals surface area contributed by atoms with Crippen molar-refractivity contribution in [3.05, 3.63) is 65.9 Å². The van der Waals surface area contributed by atoms with E-state index in [1.807, 2.05) is 31.3 Å². The summed E-state index contributed by atoms with van der Waals surface area (Å²) in [6.45, 7) is 2.02. The molecule has 7 nitrogen and oxygen atoms in total. The monoisotopic (exact) mass is 394 g/mol. The number of fused-ring (bicyclic) bond motifs is 1. The number of terminal acetylenes is 1. The molecule has 3 aromatic rings. The second-order valence-corrected chi connectivity index (χ2v) is 6.30. The molecule has 0 spiro atoms. The van der Waals surface area contributed by atoms with Crippen molar-refractivity contribution < 1.29 is 24.5 Å². The number of hydrogen-bond acceptors (Lipinski definition) is 4. The van der Waals surface area contributed by atoms with Crippen LogP contribution in [0.4, 0.5) is 0 Å². The highest BCUT2D eigenvalue weighted by molar-refractivity contribution is 6.27. The van der Waals surface area contributed by atoms with Crippen molar-refractivity contribution in [2.75, 3.05) is 13.6 Å². The first-order valence-corrected chi connectivity index (χ1v) is 8.75. The van der Waals surface area contributed by atoms with E-state index in [2.05, 4.69) is 46.1 Å². The third-order valence-electron chi connectivity index (χ3n) is 3.88. The molecule has 0 amide bonds. The van der Waals surface area contributed by atoms with Crippen LogP contribution in [0.3, 0.4) is 0 Å². The summed E-state index contributed by atoms with van der Waals surface area (Å²) in [4.78, 5) is 23.7. The van der Waals surface area contributed by atoms with Crippen LogP contribution >= 0.6 is 0 Å². The highest BCUT2D eigenvalue weighted by atomic mass is 16.5. The summed E-state index contributed by atoms with van der Waals surface area (Å²) in [6, 6.07) is 18.4. The zero-order valence-electron chi connectivity index (χ0n) is 16.0. The quantitative estimate of drug-likeness (QED) is 0.439. The highest BCUT2D eigenvalue weighted by Gasteiger charge is 2.05. The predicted octanol–water partition coefficient (Wildman–Crippen LogP) is 2.97. The minimum absolute atomic E-state index is 0.578. The number of carbonyl (C=O) groups is 2. The number of nitrogens with one attached hydrogen (secondary N) is 1. The number of nitrogens with zero attached hydrogens (tertiary/aromatic N) is 1. The maximum Gasteiger partial charge on any atom is 0.414 e. The molecule has 150 valence electrons. The lowest BCUT2D eigenvalue weighted by molar-refractivity contribution is -0.159. The van der Waals surface area contributed by atoms with E-state index in [4.69, 9.17) is 31.0 Å². The molecule has 0 aliphatic heterocycles. The second-order valence-electron chi connectivity index (χ2n) is 6.30. The fraction of sp³-hybridized carbons (Fsp3) is 0.182. The first kappa shape index (κ1) is 21.5. The fourth-order valence-electron chi connectivity index (χ4n) is 2.59. The van der Waals surface area contributed by atoms with E-state index < -0.39 is 11.9 Å². The number of hydrogen-bond donors (Lipinski definition) is 3. The van der Waals surface area contributed by atoms with Gasteiger partial charge in [-0.3, -0.25) is 4.90 Å². The molecular weight excluding hydrogens is 372 g/mol. The van der Waals surface area contributed by atoms with Crippen molar-refractivity contribution in [1.82, 2.24) is 9.88 Å². The van der Waals surface area contributed by atoms with E-state index in [9.17, 15) is 0 Å². The van der Waals surface area contributed by atoms with E-state index in [0.29, 0.717) is 13.2 Å². The van der Waals surface area contributed by atoms with E-state index in [1.54, 1.807) is 0 Å². The van der Waals surface area contributed by atoms with Gasteiger partial charge in [0.1, 0.15) is 12.4 Å². The summed E-state index contributed by atoms with van der Waals surface area (Å²) >= 11 is 0. The fourth-order valence-corrected chi connectivity index (χ4v) is 2.59. The second kappa shape index (κ2) is 10.5. The lowest BCUT2D eigenvalue weighted by Crippen LogP contribution is -2.17. The topological polar surface area (TPSA) is 103 Å². The van der Waals surface area contributed by atoms with Crippen LogP contribution in [-0.4, -0.2) is 45.6 Å². The molecule has 0 saturated carbocycles. The summed E-state index contributed by atoms with van der Waals surface area (Å²) in [6.07, 6.45) is 5.34. The van der Waals surface area contributed by atoms with Crippen molar-refractivity contribution in [3.63, 3.8) is 0 Å². The molecule has 1 aromatic heterocycles. The highest BCUT2D eigenvalue weighted by Crippen LogP contribution is 2.23. The van der Waals surface area contributed by atoms with Gasteiger partial charge in [0.05, 0.1) is 6.54 Å². The number of carboxylic acid groups (broad SMARTS) is 2. The SMILES string of the molecule is C#CCN(C)Cc1cc2cc(OCc3ccccc3)ccc2[nH]1.O=C(O)C(=O)O. The van der Waals surface area contributed by atoms with Crippen molar-refractivity contribution in [1.29, 1.82) is 0 Å². The van der Waals surface area contributed by atoms with E-state index in [0.717, 1.165) is 28.9 Å². The van der Waals surface area contributed by atoms with Gasteiger partial charge >= 0.3 is 11.9 Å². The van der Waals surface area contributed by atoms with Gasteiger partial charge in [0, 0.05) is 23.1 Å². The first-order valence-electron chi connectivity index (χ1n) is 8.75. The maximum absolute atomic E-state index is 9.10. The van der Waals surface area contributed by atoms with E-state index in [-0.39, 0.29) is 0 Å². The van der Waals surface area contributed by atoms with Gasteiger partial charge in [-0.15, -0.1) is 6.42 Å². The summed E-state index contributed by atoms with van der Waals surface area (Å²) in [5, 5.41) is 15.9. The average Bonchev–Trinajstić information content (AvgIpc) is 3.09. The minimum Gasteiger partial charge on any atom is -0.489 e. The Morgan fingerprint density at radius 3 is 2.41 bits per heavy atom. The minimum atomic E-state index is -1.82. The molecular formula is C22H22N2O5. The van der Waals surface area contributed by atoms with Gasteiger partial charge in [0.2, 0.25) is 0 Å². The number of rotatable bonds is 6. The number of H-pyrrole nitrogens is 1. The standard InChI is InChI=1S/C20H20N2O.C2H2O4/c1-3-11-22(2)14-18-12-17-13-19(9-10-20(17)21-18)23-15-16-7-5-4-6-8-16;3-1(4)2(5)6/h1,4-10,12-13,21H,11,14-15H2,2H3;(H,3,4)(H,5,6). The molecule has 3 N–H and O–H groups in total. The smallest absolute Gasteiger partial charge is 0.414 e. The zero-order chi connectivity index (χ0) is 21.2. The third kappa shape index (κ3) is 7.05. The van der Waals surface area contributed by atoms with Crippen LogP contribution in [0, 0.1) is 12.3 Å². The lowest BCUT2D eigenvalue weighted by atomic mass is 10.2. The van der Waals surface area contributed by atoms with Crippen molar-refractivity contribution in [3.8, 4) is 18.1 Å². The van der Waals surface area contributed by atoms with Crippen molar-refractivity contribution >= 4 is 22.8 Å². The van der Waals surface area contributed by atoms with Crippen LogP contribution in [0.5, 0.6) is 5.75 Å². The van der Waals surface area contributed by atoms with Gasteiger partial charge in [0.15, 0.2) is 0 Å². The van der Waals surface area contributed by atoms with Crippen molar-refractivity contribution in [2.24, 2.45) is 0 Å². The molecule has 0 aliphatic carbocycles. The summed E-state index contributed by atoms with van der Waals surface area (Å²) < 4.78 is 5.88. The number of aliphatic carboxylic acids is 2. The average molecular weight is 394 g/mol. The van der Waals surface area contributed by atoms with Crippen LogP contribution in [-0.2, 0) is 22.7 Å². The van der Waals surface area contributed by atoms with Crippen LogP contribution in [0.2, 0.25) is 0 Å². The number of benzene rings is 2. The van der Waals surface area contributed by atoms with Crippen LogP contribution < -0.4 is 4.74 Å². The molecule has 29 heavy (non-hydrogen) atoms. The van der Waals surface area contributed by atoms with Gasteiger partial charge in [-0.2, -0.15) is 0 Å². The third-order valence-corrected chi connectivity index (χ3v) is 3.88. The molecule has 0 unspecified atom stereocenters. The Balaban J connectivity index is 0.000000438. The molecule has 3 rings (SSSR count). The van der Waals surface area contributed by atoms with Crippen LogP contribution in [0.25, 0.3) is 10.9 Å².